The van der Waals surface area contributed by atoms with Gasteiger partial charge in [0, 0.05) is 23.5 Å². The number of ether oxygens (including phenoxy) is 2. The molecule has 0 saturated heterocycles. The van der Waals surface area contributed by atoms with Crippen LogP contribution in [-0.2, 0) is 19.1 Å². The zero-order chi connectivity index (χ0) is 16.0. The van der Waals surface area contributed by atoms with Crippen LogP contribution in [0.1, 0.15) is 6.92 Å². The molecular weight excluding hydrogens is 280 g/mol. The van der Waals surface area contributed by atoms with Gasteiger partial charge >= 0.3 is 11.9 Å². The largest absolute Gasteiger partial charge is 0.465 e. The number of hydrogen-bond acceptors (Lipinski definition) is 7. The lowest BCUT2D eigenvalue weighted by molar-refractivity contribution is -0.384. The van der Waals surface area contributed by atoms with E-state index in [9.17, 15) is 19.7 Å². The van der Waals surface area contributed by atoms with Crippen LogP contribution < -0.4 is 5.32 Å². The van der Waals surface area contributed by atoms with E-state index in [1.165, 1.54) is 25.1 Å². The summed E-state index contributed by atoms with van der Waals surface area (Å²) in [6.07, 6.45) is 0. The molecule has 112 valence electrons. The maximum atomic E-state index is 11.6. The number of anilines is 1. The maximum Gasteiger partial charge on any atom is 0.347 e. The van der Waals surface area contributed by atoms with Gasteiger partial charge in [-0.15, -0.1) is 0 Å². The van der Waals surface area contributed by atoms with Crippen molar-refractivity contribution in [2.45, 2.75) is 6.92 Å². The van der Waals surface area contributed by atoms with Gasteiger partial charge in [0.15, 0.2) is 5.57 Å². The number of nitro benzene ring substituents is 1. The molecule has 8 nitrogen and oxygen atoms in total. The van der Waals surface area contributed by atoms with Crippen molar-refractivity contribution >= 4 is 23.3 Å². The van der Waals surface area contributed by atoms with Gasteiger partial charge in [-0.05, 0) is 13.0 Å². The molecule has 1 aromatic rings. The number of hydrogen-bond donors (Lipinski definition) is 1. The van der Waals surface area contributed by atoms with Crippen molar-refractivity contribution in [2.75, 3.05) is 19.5 Å². The van der Waals surface area contributed by atoms with Crippen molar-refractivity contribution in [3.8, 4) is 0 Å². The van der Waals surface area contributed by atoms with Crippen molar-refractivity contribution < 1.29 is 24.0 Å². The second-order valence-electron chi connectivity index (χ2n) is 3.92. The number of benzene rings is 1. The molecule has 0 aromatic heterocycles. The van der Waals surface area contributed by atoms with E-state index in [2.05, 4.69) is 14.8 Å². The van der Waals surface area contributed by atoms with E-state index in [0.717, 1.165) is 14.2 Å². The molecule has 0 spiro atoms. The fourth-order valence-electron chi connectivity index (χ4n) is 1.57. The van der Waals surface area contributed by atoms with E-state index in [0.29, 0.717) is 5.69 Å². The predicted octanol–water partition coefficient (Wildman–Crippen LogP) is 1.63. The van der Waals surface area contributed by atoms with Crippen LogP contribution in [0, 0.1) is 10.1 Å². The zero-order valence-electron chi connectivity index (χ0n) is 11.7. The number of carbonyl (C=O) groups is 2. The average molecular weight is 294 g/mol. The normalized spacial score (nSPS) is 9.48. The molecule has 0 aliphatic rings. The quantitative estimate of drug-likeness (QED) is 0.219. The smallest absolute Gasteiger partial charge is 0.347 e. The van der Waals surface area contributed by atoms with Gasteiger partial charge in [0.1, 0.15) is 0 Å². The van der Waals surface area contributed by atoms with E-state index in [-0.39, 0.29) is 17.0 Å². The van der Waals surface area contributed by atoms with Crippen LogP contribution in [0.15, 0.2) is 35.5 Å². The highest BCUT2D eigenvalue weighted by Crippen LogP contribution is 2.20. The van der Waals surface area contributed by atoms with E-state index in [1.54, 1.807) is 6.07 Å². The number of rotatable bonds is 5. The predicted molar refractivity (Wildman–Crippen MR) is 73.5 cm³/mol. The van der Waals surface area contributed by atoms with E-state index < -0.39 is 16.9 Å². The number of carbonyl (C=O) groups excluding carboxylic acids is 2. The zero-order valence-corrected chi connectivity index (χ0v) is 11.7. The minimum atomic E-state index is -0.864. The van der Waals surface area contributed by atoms with Crippen molar-refractivity contribution in [3.05, 3.63) is 45.6 Å². The van der Waals surface area contributed by atoms with Crippen LogP contribution >= 0.6 is 0 Å². The molecule has 0 aliphatic heterocycles. The monoisotopic (exact) mass is 294 g/mol. The van der Waals surface area contributed by atoms with Crippen molar-refractivity contribution in [1.29, 1.82) is 0 Å². The molecule has 21 heavy (non-hydrogen) atoms. The molecule has 1 N–H and O–H groups in total. The minimum Gasteiger partial charge on any atom is -0.465 e. The van der Waals surface area contributed by atoms with Crippen LogP contribution in [0.3, 0.4) is 0 Å². The van der Waals surface area contributed by atoms with Gasteiger partial charge in [-0.2, -0.15) is 0 Å². The third-order valence-electron chi connectivity index (χ3n) is 2.54. The molecular formula is C13H14N2O6. The summed E-state index contributed by atoms with van der Waals surface area (Å²) in [5.41, 5.74) is 0.0817. The summed E-state index contributed by atoms with van der Waals surface area (Å²) < 4.78 is 9.02. The molecule has 1 rings (SSSR count). The highest BCUT2D eigenvalue weighted by molar-refractivity contribution is 6.15. The number of nitro groups is 1. The molecule has 0 fully saturated rings. The lowest BCUT2D eigenvalue weighted by atomic mass is 10.2. The summed E-state index contributed by atoms with van der Waals surface area (Å²) in [6, 6.07) is 5.63. The highest BCUT2D eigenvalue weighted by Gasteiger charge is 2.23. The van der Waals surface area contributed by atoms with Crippen LogP contribution in [0.4, 0.5) is 11.4 Å². The van der Waals surface area contributed by atoms with Gasteiger partial charge in [-0.1, -0.05) is 6.07 Å². The first kappa shape index (κ1) is 16.2. The molecule has 0 heterocycles. The number of non-ortho nitro benzene ring substituents is 1. The summed E-state index contributed by atoms with van der Waals surface area (Å²) in [7, 11) is 2.26. The first-order chi connectivity index (χ1) is 9.90. The Bertz CT molecular complexity index is 590. The number of nitrogens with zero attached hydrogens (tertiary/aromatic N) is 1. The Morgan fingerprint density at radius 3 is 2.24 bits per heavy atom. The van der Waals surface area contributed by atoms with Crippen LogP contribution in [0.2, 0.25) is 0 Å². The second-order valence-corrected chi connectivity index (χ2v) is 3.92. The van der Waals surface area contributed by atoms with Crippen LogP contribution in [-0.4, -0.2) is 31.1 Å². The Balaban J connectivity index is 3.15. The van der Waals surface area contributed by atoms with Gasteiger partial charge in [-0.25, -0.2) is 9.59 Å². The summed E-state index contributed by atoms with van der Waals surface area (Å²) in [5, 5.41) is 13.4. The summed E-state index contributed by atoms with van der Waals surface area (Å²) >= 11 is 0. The van der Waals surface area contributed by atoms with Crippen molar-refractivity contribution in [3.63, 3.8) is 0 Å². The van der Waals surface area contributed by atoms with Crippen molar-refractivity contribution in [2.24, 2.45) is 0 Å². The van der Waals surface area contributed by atoms with Crippen LogP contribution in [0.25, 0.3) is 0 Å². The average Bonchev–Trinajstić information content (AvgIpc) is 2.47. The fraction of sp³-hybridized carbons (Fsp3) is 0.231. The minimum absolute atomic E-state index is 0.120. The molecule has 0 unspecified atom stereocenters. The summed E-state index contributed by atoms with van der Waals surface area (Å²) in [4.78, 5) is 33.3. The number of esters is 2. The van der Waals surface area contributed by atoms with E-state index in [4.69, 9.17) is 0 Å². The molecule has 0 bridgehead atoms. The topological polar surface area (TPSA) is 108 Å². The highest BCUT2D eigenvalue weighted by atomic mass is 16.6. The molecule has 0 amide bonds. The number of methoxy groups -OCH3 is 2. The van der Waals surface area contributed by atoms with E-state index in [1.807, 2.05) is 0 Å². The van der Waals surface area contributed by atoms with Gasteiger partial charge in [-0.3, -0.25) is 10.1 Å². The van der Waals surface area contributed by atoms with Crippen LogP contribution in [0.5, 0.6) is 0 Å². The maximum absolute atomic E-state index is 11.6. The standard InChI is InChI=1S/C13H14N2O6/c1-8(11(12(16)20-2)13(17)21-3)14-9-5-4-6-10(7-9)15(18)19/h4-7,14H,1-3H3. The second kappa shape index (κ2) is 7.04. The first-order valence-corrected chi connectivity index (χ1v) is 5.79. The summed E-state index contributed by atoms with van der Waals surface area (Å²) in [5.74, 6) is -1.73. The Morgan fingerprint density at radius 2 is 1.76 bits per heavy atom. The number of allylic oxidation sites excluding steroid dienone is 1. The first-order valence-electron chi connectivity index (χ1n) is 5.79. The molecule has 8 heteroatoms. The fourth-order valence-corrected chi connectivity index (χ4v) is 1.57. The van der Waals surface area contributed by atoms with Crippen molar-refractivity contribution in [1.82, 2.24) is 0 Å². The summed E-state index contributed by atoms with van der Waals surface area (Å²) in [6.45, 7) is 1.46. The van der Waals surface area contributed by atoms with Gasteiger partial charge < -0.3 is 14.8 Å². The molecule has 1 aromatic carbocycles. The lowest BCUT2D eigenvalue weighted by Gasteiger charge is -2.11. The Morgan fingerprint density at radius 1 is 1.19 bits per heavy atom. The van der Waals surface area contributed by atoms with E-state index >= 15 is 0 Å². The Hall–Kier alpha value is -2.90. The SMILES string of the molecule is COC(=O)C(C(=O)OC)=C(C)Nc1cccc([N+](=O)[O-])c1. The molecule has 0 atom stereocenters. The molecule has 0 aliphatic carbocycles. The van der Waals surface area contributed by atoms with Gasteiger partial charge in [0.2, 0.25) is 0 Å². The lowest BCUT2D eigenvalue weighted by Crippen LogP contribution is -2.20. The third kappa shape index (κ3) is 4.03. The molecule has 0 saturated carbocycles. The number of nitrogens with one attached hydrogen (secondary N) is 1. The Labute approximate surface area is 120 Å². The molecule has 0 radical (unpaired) electrons. The Kier molecular flexibility index (Phi) is 5.41. The third-order valence-corrected chi connectivity index (χ3v) is 2.54. The van der Waals surface area contributed by atoms with Gasteiger partial charge in [0.25, 0.3) is 5.69 Å². The van der Waals surface area contributed by atoms with Gasteiger partial charge in [0.05, 0.1) is 19.1 Å².